The molecule has 134 valence electrons. The molecular weight excluding hydrogens is 330 g/mol. The first-order chi connectivity index (χ1) is 12.5. The molecule has 2 N–H and O–H groups in total. The topological polar surface area (TPSA) is 88.3 Å². The van der Waals surface area contributed by atoms with Crippen molar-refractivity contribution >= 4 is 5.97 Å². The number of hydrogen-bond acceptors (Lipinski definition) is 5. The predicted octanol–water partition coefficient (Wildman–Crippen LogP) is 3.24. The maximum Gasteiger partial charge on any atom is 0.321 e. The molecule has 0 bridgehead atoms. The van der Waals surface area contributed by atoms with Crippen LogP contribution in [0.3, 0.4) is 0 Å². The Kier molecular flexibility index (Phi) is 5.14. The first-order valence-corrected chi connectivity index (χ1v) is 8.38. The van der Waals surface area contributed by atoms with Crippen molar-refractivity contribution in [2.45, 2.75) is 26.3 Å². The van der Waals surface area contributed by atoms with Crippen LogP contribution < -0.4 is 5.32 Å². The number of carboxylic acid groups (broad SMARTS) is 1. The summed E-state index contributed by atoms with van der Waals surface area (Å²) in [6, 6.07) is 13.0. The number of aliphatic carboxylic acids is 1. The van der Waals surface area contributed by atoms with Gasteiger partial charge in [-0.25, -0.2) is 0 Å². The van der Waals surface area contributed by atoms with Gasteiger partial charge in [0.2, 0.25) is 5.82 Å². The zero-order chi connectivity index (χ0) is 18.7. The lowest BCUT2D eigenvalue weighted by atomic mass is 10.0. The van der Waals surface area contributed by atoms with Gasteiger partial charge in [-0.3, -0.25) is 4.79 Å². The second-order valence-corrected chi connectivity index (χ2v) is 6.38. The molecule has 0 amide bonds. The second kappa shape index (κ2) is 7.49. The highest BCUT2D eigenvalue weighted by molar-refractivity contribution is 5.74. The first kappa shape index (κ1) is 17.8. The summed E-state index contributed by atoms with van der Waals surface area (Å²) in [6.07, 6.45) is 0.409. The van der Waals surface area contributed by atoms with E-state index in [4.69, 9.17) is 9.63 Å². The molecule has 0 aliphatic rings. The molecule has 3 rings (SSSR count). The maximum atomic E-state index is 11.1. The number of nitrogens with zero attached hydrogens (tertiary/aromatic N) is 2. The van der Waals surface area contributed by atoms with Gasteiger partial charge in [-0.05, 0) is 45.0 Å². The zero-order valence-corrected chi connectivity index (χ0v) is 15.0. The van der Waals surface area contributed by atoms with Gasteiger partial charge in [0, 0.05) is 11.1 Å². The number of carbonyl (C=O) groups is 1. The van der Waals surface area contributed by atoms with E-state index in [1.165, 1.54) is 0 Å². The number of likely N-dealkylation sites (N-methyl/N-ethyl adjacent to an activating group) is 1. The van der Waals surface area contributed by atoms with Gasteiger partial charge >= 0.3 is 5.97 Å². The van der Waals surface area contributed by atoms with Gasteiger partial charge in [-0.15, -0.1) is 0 Å². The van der Waals surface area contributed by atoms with Crippen LogP contribution in [0.15, 0.2) is 47.0 Å². The highest BCUT2D eigenvalue weighted by Crippen LogP contribution is 2.24. The number of carboxylic acids is 1. The van der Waals surface area contributed by atoms with Gasteiger partial charge < -0.3 is 14.9 Å². The van der Waals surface area contributed by atoms with Crippen LogP contribution in [0, 0.1) is 13.8 Å². The summed E-state index contributed by atoms with van der Waals surface area (Å²) in [5, 5.41) is 16.0. The number of nitrogens with one attached hydrogen (secondary N) is 1. The van der Waals surface area contributed by atoms with E-state index in [0.29, 0.717) is 18.1 Å². The Balaban J connectivity index is 1.80. The predicted molar refractivity (Wildman–Crippen MR) is 98.8 cm³/mol. The van der Waals surface area contributed by atoms with Gasteiger partial charge in [-0.1, -0.05) is 46.6 Å². The summed E-state index contributed by atoms with van der Waals surface area (Å²) in [6.45, 7) is 4.06. The van der Waals surface area contributed by atoms with Crippen molar-refractivity contribution in [2.75, 3.05) is 7.05 Å². The molecule has 1 heterocycles. The number of aryl methyl sites for hydroxylation is 2. The van der Waals surface area contributed by atoms with Crippen LogP contribution in [-0.4, -0.2) is 34.3 Å². The molecule has 6 nitrogen and oxygen atoms in total. The molecule has 1 atom stereocenters. The fourth-order valence-corrected chi connectivity index (χ4v) is 2.89. The van der Waals surface area contributed by atoms with Crippen molar-refractivity contribution in [1.82, 2.24) is 15.5 Å². The van der Waals surface area contributed by atoms with E-state index in [9.17, 15) is 4.79 Å². The van der Waals surface area contributed by atoms with Crippen LogP contribution >= 0.6 is 0 Å². The monoisotopic (exact) mass is 351 g/mol. The Morgan fingerprint density at radius 3 is 2.35 bits per heavy atom. The fraction of sp³-hybridized carbons (Fsp3) is 0.250. The van der Waals surface area contributed by atoms with E-state index in [1.54, 1.807) is 7.05 Å². The molecule has 2 aromatic carbocycles. The minimum atomic E-state index is -0.868. The summed E-state index contributed by atoms with van der Waals surface area (Å²) in [5.74, 6) is 0.124. The van der Waals surface area contributed by atoms with Gasteiger partial charge in [0.1, 0.15) is 6.04 Å². The number of hydrogen-bond donors (Lipinski definition) is 2. The lowest BCUT2D eigenvalue weighted by Gasteiger charge is -2.10. The average Bonchev–Trinajstić information content (AvgIpc) is 3.09. The third-order valence-electron chi connectivity index (χ3n) is 4.19. The molecule has 0 saturated carbocycles. The van der Waals surface area contributed by atoms with Crippen LogP contribution in [0.1, 0.15) is 16.7 Å². The molecular formula is C20H21N3O3. The third-order valence-corrected chi connectivity index (χ3v) is 4.19. The third kappa shape index (κ3) is 3.97. The second-order valence-electron chi connectivity index (χ2n) is 6.38. The van der Waals surface area contributed by atoms with Crippen molar-refractivity contribution < 1.29 is 14.4 Å². The van der Waals surface area contributed by atoms with Crippen LogP contribution in [0.2, 0.25) is 0 Å². The van der Waals surface area contributed by atoms with E-state index in [-0.39, 0.29) is 0 Å². The average molecular weight is 351 g/mol. The van der Waals surface area contributed by atoms with Gasteiger partial charge in [-0.2, -0.15) is 4.98 Å². The van der Waals surface area contributed by atoms with Crippen molar-refractivity contribution in [3.05, 3.63) is 59.2 Å². The maximum absolute atomic E-state index is 11.1. The lowest BCUT2D eigenvalue weighted by Crippen LogP contribution is -2.35. The molecule has 6 heteroatoms. The Labute approximate surface area is 151 Å². The molecule has 0 radical (unpaired) electrons. The Hall–Kier alpha value is -2.99. The Morgan fingerprint density at radius 1 is 1.12 bits per heavy atom. The van der Waals surface area contributed by atoms with E-state index in [0.717, 1.165) is 27.8 Å². The minimum absolute atomic E-state index is 0.409. The summed E-state index contributed by atoms with van der Waals surface area (Å²) in [5.41, 5.74) is 4.93. The first-order valence-electron chi connectivity index (χ1n) is 8.38. The van der Waals surface area contributed by atoms with E-state index >= 15 is 0 Å². The van der Waals surface area contributed by atoms with E-state index in [1.807, 2.05) is 50.2 Å². The molecule has 1 unspecified atom stereocenters. The highest BCUT2D eigenvalue weighted by Gasteiger charge is 2.16. The molecule has 0 spiro atoms. The summed E-state index contributed by atoms with van der Waals surface area (Å²) in [7, 11) is 1.64. The van der Waals surface area contributed by atoms with Gasteiger partial charge in [0.25, 0.3) is 5.89 Å². The molecule has 0 aliphatic carbocycles. The molecule has 26 heavy (non-hydrogen) atoms. The fourth-order valence-electron chi connectivity index (χ4n) is 2.89. The SMILES string of the molecule is CNC(Cc1ccc(-c2noc(-c3cc(C)cc(C)c3)n2)cc1)C(=O)O. The molecule has 1 aromatic heterocycles. The number of aromatic nitrogens is 2. The largest absolute Gasteiger partial charge is 0.480 e. The Bertz CT molecular complexity index is 896. The Morgan fingerprint density at radius 2 is 1.77 bits per heavy atom. The lowest BCUT2D eigenvalue weighted by molar-refractivity contribution is -0.139. The summed E-state index contributed by atoms with van der Waals surface area (Å²) >= 11 is 0. The molecule has 0 aliphatic heterocycles. The van der Waals surface area contributed by atoms with Crippen LogP contribution in [-0.2, 0) is 11.2 Å². The van der Waals surface area contributed by atoms with Gasteiger partial charge in [0.15, 0.2) is 0 Å². The summed E-state index contributed by atoms with van der Waals surface area (Å²) in [4.78, 5) is 15.6. The summed E-state index contributed by atoms with van der Waals surface area (Å²) < 4.78 is 5.41. The van der Waals surface area contributed by atoms with Crippen LogP contribution in [0.5, 0.6) is 0 Å². The van der Waals surface area contributed by atoms with Crippen molar-refractivity contribution in [3.63, 3.8) is 0 Å². The van der Waals surface area contributed by atoms with E-state index < -0.39 is 12.0 Å². The normalized spacial score (nSPS) is 12.1. The van der Waals surface area contributed by atoms with Crippen LogP contribution in [0.4, 0.5) is 0 Å². The van der Waals surface area contributed by atoms with E-state index in [2.05, 4.69) is 21.5 Å². The standard InChI is InChI=1S/C20H21N3O3/c1-12-8-13(2)10-16(9-12)19-22-18(23-26-19)15-6-4-14(5-7-15)11-17(21-3)20(24)25/h4-10,17,21H,11H2,1-3H3,(H,24,25). The van der Waals surface area contributed by atoms with Gasteiger partial charge in [0.05, 0.1) is 0 Å². The number of benzene rings is 2. The quantitative estimate of drug-likeness (QED) is 0.709. The van der Waals surface area contributed by atoms with Crippen LogP contribution in [0.25, 0.3) is 22.8 Å². The van der Waals surface area contributed by atoms with Crippen molar-refractivity contribution in [1.29, 1.82) is 0 Å². The minimum Gasteiger partial charge on any atom is -0.480 e. The van der Waals surface area contributed by atoms with Crippen molar-refractivity contribution in [2.24, 2.45) is 0 Å². The number of rotatable bonds is 6. The molecule has 0 saturated heterocycles. The van der Waals surface area contributed by atoms with Crippen molar-refractivity contribution in [3.8, 4) is 22.8 Å². The highest BCUT2D eigenvalue weighted by atomic mass is 16.5. The zero-order valence-electron chi connectivity index (χ0n) is 15.0. The molecule has 0 fully saturated rings. The smallest absolute Gasteiger partial charge is 0.321 e. The molecule has 3 aromatic rings.